The molecule has 0 unspecified atom stereocenters. The Morgan fingerprint density at radius 3 is 2.21 bits per heavy atom. The van der Waals surface area contributed by atoms with Crippen LogP contribution in [-0.4, -0.2) is 29.9 Å². The topological polar surface area (TPSA) is 46.6 Å². The van der Waals surface area contributed by atoms with Crippen LogP contribution in [0.15, 0.2) is 18.2 Å². The van der Waals surface area contributed by atoms with E-state index in [1.807, 2.05) is 26.0 Å². The highest BCUT2D eigenvalue weighted by Gasteiger charge is 2.27. The second-order valence-corrected chi connectivity index (χ2v) is 4.96. The molecule has 1 saturated heterocycles. The van der Waals surface area contributed by atoms with E-state index in [-0.39, 0.29) is 11.8 Å². The molecule has 2 amide bonds. The highest BCUT2D eigenvalue weighted by Crippen LogP contribution is 2.17. The van der Waals surface area contributed by atoms with Crippen LogP contribution in [0.2, 0.25) is 0 Å². The van der Waals surface area contributed by atoms with Gasteiger partial charge >= 0.3 is 0 Å². The third-order valence-corrected chi connectivity index (χ3v) is 3.14. The Hall–Kier alpha value is -1.84. The molecule has 0 aromatic heterocycles. The summed E-state index contributed by atoms with van der Waals surface area (Å²) in [6.07, 6.45) is 1.39. The maximum absolute atomic E-state index is 11.4. The Morgan fingerprint density at radius 2 is 1.63 bits per heavy atom. The van der Waals surface area contributed by atoms with Crippen molar-refractivity contribution in [3.8, 4) is 5.75 Å². The summed E-state index contributed by atoms with van der Waals surface area (Å²) in [4.78, 5) is 24.1. The van der Waals surface area contributed by atoms with Crippen molar-refractivity contribution in [2.24, 2.45) is 0 Å². The largest absolute Gasteiger partial charge is 0.494 e. The predicted molar refractivity (Wildman–Crippen MR) is 72.0 cm³/mol. The highest BCUT2D eigenvalue weighted by molar-refractivity contribution is 6.01. The zero-order chi connectivity index (χ0) is 13.8. The lowest BCUT2D eigenvalue weighted by molar-refractivity contribution is -0.138. The van der Waals surface area contributed by atoms with Gasteiger partial charge in [0.05, 0.1) is 6.61 Å². The Balaban J connectivity index is 1.77. The van der Waals surface area contributed by atoms with Crippen molar-refractivity contribution in [2.75, 3.05) is 13.2 Å². The van der Waals surface area contributed by atoms with Gasteiger partial charge in [0.25, 0.3) is 0 Å². The number of amides is 2. The van der Waals surface area contributed by atoms with Crippen molar-refractivity contribution < 1.29 is 14.3 Å². The van der Waals surface area contributed by atoms with E-state index < -0.39 is 0 Å². The standard InChI is InChI=1S/C15H19NO3/c1-11-8-12(2)10-13(9-11)19-7-3-6-16-14(17)4-5-15(16)18/h8-10H,3-7H2,1-2H3. The SMILES string of the molecule is Cc1cc(C)cc(OCCCN2C(=O)CCC2=O)c1. The van der Waals surface area contributed by atoms with Crippen molar-refractivity contribution in [3.05, 3.63) is 29.3 Å². The van der Waals surface area contributed by atoms with Crippen LogP contribution in [0.25, 0.3) is 0 Å². The molecule has 0 radical (unpaired) electrons. The van der Waals surface area contributed by atoms with E-state index in [0.29, 0.717) is 32.4 Å². The number of imide groups is 1. The molecule has 0 saturated carbocycles. The molecule has 1 aromatic rings. The first kappa shape index (κ1) is 13.6. The molecule has 1 fully saturated rings. The van der Waals surface area contributed by atoms with Gasteiger partial charge in [-0.1, -0.05) is 6.07 Å². The van der Waals surface area contributed by atoms with Gasteiger partial charge in [-0.25, -0.2) is 0 Å². The summed E-state index contributed by atoms with van der Waals surface area (Å²) in [6, 6.07) is 6.06. The lowest BCUT2D eigenvalue weighted by Crippen LogP contribution is -2.30. The average Bonchev–Trinajstić information content (AvgIpc) is 2.64. The van der Waals surface area contributed by atoms with Crippen molar-refractivity contribution in [3.63, 3.8) is 0 Å². The number of nitrogens with zero attached hydrogens (tertiary/aromatic N) is 1. The minimum absolute atomic E-state index is 0.0589. The van der Waals surface area contributed by atoms with Crippen LogP contribution < -0.4 is 4.74 Å². The quantitative estimate of drug-likeness (QED) is 0.603. The average molecular weight is 261 g/mol. The number of hydrogen-bond donors (Lipinski definition) is 0. The summed E-state index contributed by atoms with van der Waals surface area (Å²) in [6.45, 7) is 5.03. The molecular formula is C15H19NO3. The molecule has 0 N–H and O–H groups in total. The third-order valence-electron chi connectivity index (χ3n) is 3.14. The van der Waals surface area contributed by atoms with Gasteiger partial charge in [-0.2, -0.15) is 0 Å². The van der Waals surface area contributed by atoms with Crippen LogP contribution >= 0.6 is 0 Å². The summed E-state index contributed by atoms with van der Waals surface area (Å²) in [5, 5.41) is 0. The number of carbonyl (C=O) groups excluding carboxylic acids is 2. The van der Waals surface area contributed by atoms with E-state index in [2.05, 4.69) is 6.07 Å². The molecule has 102 valence electrons. The molecule has 0 bridgehead atoms. The predicted octanol–water partition coefficient (Wildman–Crippen LogP) is 2.22. The molecule has 0 atom stereocenters. The number of ether oxygens (including phenoxy) is 1. The van der Waals surface area contributed by atoms with Crippen molar-refractivity contribution >= 4 is 11.8 Å². The lowest BCUT2D eigenvalue weighted by atomic mass is 10.1. The molecule has 1 aromatic carbocycles. The smallest absolute Gasteiger partial charge is 0.229 e. The minimum atomic E-state index is -0.0589. The van der Waals surface area contributed by atoms with Gasteiger partial charge < -0.3 is 4.74 Å². The molecule has 1 heterocycles. The van der Waals surface area contributed by atoms with Gasteiger partial charge in [-0.05, 0) is 43.5 Å². The molecule has 4 nitrogen and oxygen atoms in total. The summed E-state index contributed by atoms with van der Waals surface area (Å²) in [5.74, 6) is 0.726. The first-order valence-corrected chi connectivity index (χ1v) is 6.60. The Kier molecular flexibility index (Phi) is 4.20. The normalized spacial score (nSPS) is 15.2. The zero-order valence-electron chi connectivity index (χ0n) is 11.4. The number of carbonyl (C=O) groups is 2. The van der Waals surface area contributed by atoms with Gasteiger partial charge in [0.2, 0.25) is 11.8 Å². The first-order valence-electron chi connectivity index (χ1n) is 6.60. The lowest BCUT2D eigenvalue weighted by Gasteiger charge is -2.14. The van der Waals surface area contributed by atoms with E-state index in [9.17, 15) is 9.59 Å². The molecule has 1 aliphatic heterocycles. The van der Waals surface area contributed by atoms with Gasteiger partial charge in [-0.3, -0.25) is 14.5 Å². The number of rotatable bonds is 5. The fourth-order valence-electron chi connectivity index (χ4n) is 2.30. The van der Waals surface area contributed by atoms with Gasteiger partial charge in [-0.15, -0.1) is 0 Å². The van der Waals surface area contributed by atoms with Crippen molar-refractivity contribution in [1.82, 2.24) is 4.90 Å². The molecule has 0 spiro atoms. The number of likely N-dealkylation sites (tertiary alicyclic amines) is 1. The minimum Gasteiger partial charge on any atom is -0.494 e. The highest BCUT2D eigenvalue weighted by atomic mass is 16.5. The maximum Gasteiger partial charge on any atom is 0.229 e. The van der Waals surface area contributed by atoms with E-state index in [1.54, 1.807) is 0 Å². The Labute approximate surface area is 113 Å². The van der Waals surface area contributed by atoms with E-state index in [1.165, 1.54) is 16.0 Å². The summed E-state index contributed by atoms with van der Waals surface area (Å²) in [5.41, 5.74) is 2.33. The molecule has 19 heavy (non-hydrogen) atoms. The first-order chi connectivity index (χ1) is 9.06. The number of benzene rings is 1. The van der Waals surface area contributed by atoms with E-state index >= 15 is 0 Å². The Morgan fingerprint density at radius 1 is 1.05 bits per heavy atom. The molecule has 1 aliphatic rings. The van der Waals surface area contributed by atoms with Gasteiger partial charge in [0.1, 0.15) is 5.75 Å². The molecule has 0 aliphatic carbocycles. The van der Waals surface area contributed by atoms with Crippen LogP contribution in [0.1, 0.15) is 30.4 Å². The number of hydrogen-bond acceptors (Lipinski definition) is 3. The van der Waals surface area contributed by atoms with E-state index in [0.717, 1.165) is 5.75 Å². The summed E-state index contributed by atoms with van der Waals surface area (Å²) < 4.78 is 5.65. The summed E-state index contributed by atoms with van der Waals surface area (Å²) >= 11 is 0. The van der Waals surface area contributed by atoms with E-state index in [4.69, 9.17) is 4.74 Å². The van der Waals surface area contributed by atoms with Crippen LogP contribution in [0, 0.1) is 13.8 Å². The van der Waals surface area contributed by atoms with Crippen LogP contribution in [-0.2, 0) is 9.59 Å². The van der Waals surface area contributed by atoms with Crippen LogP contribution in [0.4, 0.5) is 0 Å². The fraction of sp³-hybridized carbons (Fsp3) is 0.467. The molecular weight excluding hydrogens is 242 g/mol. The van der Waals surface area contributed by atoms with Crippen molar-refractivity contribution in [2.45, 2.75) is 33.1 Å². The van der Waals surface area contributed by atoms with Gasteiger partial charge in [0, 0.05) is 19.4 Å². The molecule has 2 rings (SSSR count). The van der Waals surface area contributed by atoms with Crippen LogP contribution in [0.3, 0.4) is 0 Å². The maximum atomic E-state index is 11.4. The monoisotopic (exact) mass is 261 g/mol. The number of aryl methyl sites for hydroxylation is 2. The van der Waals surface area contributed by atoms with Gasteiger partial charge in [0.15, 0.2) is 0 Å². The van der Waals surface area contributed by atoms with Crippen molar-refractivity contribution in [1.29, 1.82) is 0 Å². The zero-order valence-corrected chi connectivity index (χ0v) is 11.4. The summed E-state index contributed by atoms with van der Waals surface area (Å²) in [7, 11) is 0. The third kappa shape index (κ3) is 3.56. The second kappa shape index (κ2) is 5.87. The van der Waals surface area contributed by atoms with Crippen LogP contribution in [0.5, 0.6) is 5.75 Å². The molecule has 4 heteroatoms. The second-order valence-electron chi connectivity index (χ2n) is 4.96. The Bertz CT molecular complexity index is 460. The fourth-order valence-corrected chi connectivity index (χ4v) is 2.30.